The van der Waals surface area contributed by atoms with Gasteiger partial charge >= 0.3 is 0 Å². The van der Waals surface area contributed by atoms with E-state index in [1.54, 1.807) is 17.4 Å². The molecular weight excluding hydrogens is 344 g/mol. The van der Waals surface area contributed by atoms with Crippen molar-refractivity contribution >= 4 is 39.2 Å². The molecule has 1 N–H and O–H groups in total. The number of thiazole rings is 1. The van der Waals surface area contributed by atoms with Crippen molar-refractivity contribution in [2.24, 2.45) is 0 Å². The average Bonchev–Trinajstić information content (AvgIpc) is 3.22. The monoisotopic (exact) mass is 360 g/mol. The number of aromatic nitrogens is 3. The number of hydrogen-bond acceptors (Lipinski definition) is 7. The van der Waals surface area contributed by atoms with Crippen LogP contribution in [0, 0.1) is 0 Å². The van der Waals surface area contributed by atoms with Gasteiger partial charge in [-0.3, -0.25) is 4.79 Å². The second kappa shape index (κ2) is 8.07. The number of nitrogens with zero attached hydrogens (tertiary/aromatic N) is 3. The number of amides is 1. The molecule has 0 fully saturated rings. The maximum absolute atomic E-state index is 11.5. The molecular formula is C16H16N4O2S2. The molecule has 0 spiro atoms. The molecule has 3 aromatic rings. The molecule has 6 nitrogen and oxygen atoms in total. The molecule has 0 saturated heterocycles. The topological polar surface area (TPSA) is 80.9 Å². The molecule has 0 atom stereocenters. The number of nitrogens with one attached hydrogen (secondary N) is 1. The highest BCUT2D eigenvalue weighted by molar-refractivity contribution is 7.99. The Hall–Kier alpha value is -2.19. The summed E-state index contributed by atoms with van der Waals surface area (Å²) >= 11 is 2.90. The van der Waals surface area contributed by atoms with Gasteiger partial charge in [0, 0.05) is 19.4 Å². The largest absolute Gasteiger partial charge is 0.416 e. The van der Waals surface area contributed by atoms with Crippen LogP contribution in [0.25, 0.3) is 10.2 Å². The summed E-state index contributed by atoms with van der Waals surface area (Å²) in [5.74, 6) is 0.713. The lowest BCUT2D eigenvalue weighted by Gasteiger charge is -1.98. The fourth-order valence-electron chi connectivity index (χ4n) is 2.00. The highest BCUT2D eigenvalue weighted by atomic mass is 32.2. The summed E-state index contributed by atoms with van der Waals surface area (Å²) in [5, 5.41) is 12.1. The molecule has 2 heterocycles. The maximum Gasteiger partial charge on any atom is 0.277 e. The van der Waals surface area contributed by atoms with Crippen molar-refractivity contribution in [3.8, 4) is 0 Å². The van der Waals surface area contributed by atoms with E-state index in [1.165, 1.54) is 16.5 Å². The van der Waals surface area contributed by atoms with Crippen molar-refractivity contribution in [1.29, 1.82) is 0 Å². The first kappa shape index (κ1) is 16.7. The SMILES string of the molecule is C=CCNC(=O)CSc1nnc(CCc2nc3ccccc3s2)o1. The summed E-state index contributed by atoms with van der Waals surface area (Å²) in [6.07, 6.45) is 3.02. The van der Waals surface area contributed by atoms with E-state index in [-0.39, 0.29) is 11.7 Å². The zero-order valence-corrected chi connectivity index (χ0v) is 14.5. The fraction of sp³-hybridized carbons (Fsp3) is 0.250. The van der Waals surface area contributed by atoms with E-state index in [1.807, 2.05) is 18.2 Å². The van der Waals surface area contributed by atoms with Crippen molar-refractivity contribution in [2.75, 3.05) is 12.3 Å². The average molecular weight is 360 g/mol. The molecule has 8 heteroatoms. The summed E-state index contributed by atoms with van der Waals surface area (Å²) in [6, 6.07) is 8.07. The number of aryl methyl sites for hydroxylation is 2. The van der Waals surface area contributed by atoms with Crippen LogP contribution in [0.1, 0.15) is 10.9 Å². The first-order chi connectivity index (χ1) is 11.7. The number of thioether (sulfide) groups is 1. The Morgan fingerprint density at radius 2 is 2.21 bits per heavy atom. The van der Waals surface area contributed by atoms with Crippen LogP contribution in [-0.4, -0.2) is 33.4 Å². The number of carbonyl (C=O) groups is 1. The second-order valence-electron chi connectivity index (χ2n) is 4.92. The first-order valence-electron chi connectivity index (χ1n) is 7.42. The van der Waals surface area contributed by atoms with Gasteiger partial charge in [-0.15, -0.1) is 28.1 Å². The summed E-state index contributed by atoms with van der Waals surface area (Å²) in [4.78, 5) is 16.1. The van der Waals surface area contributed by atoms with Crippen LogP contribution in [-0.2, 0) is 17.6 Å². The lowest BCUT2D eigenvalue weighted by atomic mass is 10.3. The molecule has 0 aliphatic carbocycles. The molecule has 124 valence electrons. The minimum absolute atomic E-state index is 0.0888. The van der Waals surface area contributed by atoms with Crippen LogP contribution in [0.5, 0.6) is 0 Å². The molecule has 0 aliphatic rings. The van der Waals surface area contributed by atoms with Gasteiger partial charge in [-0.1, -0.05) is 30.0 Å². The van der Waals surface area contributed by atoms with E-state index in [9.17, 15) is 4.79 Å². The van der Waals surface area contributed by atoms with Crippen LogP contribution in [0.15, 0.2) is 46.6 Å². The van der Waals surface area contributed by atoms with E-state index in [4.69, 9.17) is 4.42 Å². The van der Waals surface area contributed by atoms with Crippen molar-refractivity contribution in [3.05, 3.63) is 47.8 Å². The van der Waals surface area contributed by atoms with Crippen molar-refractivity contribution in [3.63, 3.8) is 0 Å². The van der Waals surface area contributed by atoms with Crippen LogP contribution in [0.2, 0.25) is 0 Å². The first-order valence-corrected chi connectivity index (χ1v) is 9.22. The summed E-state index contributed by atoms with van der Waals surface area (Å²) in [7, 11) is 0. The Balaban J connectivity index is 1.50. The molecule has 1 amide bonds. The van der Waals surface area contributed by atoms with E-state index >= 15 is 0 Å². The fourth-order valence-corrected chi connectivity index (χ4v) is 3.58. The van der Waals surface area contributed by atoms with E-state index in [0.29, 0.717) is 24.1 Å². The number of fused-ring (bicyclic) bond motifs is 1. The minimum Gasteiger partial charge on any atom is -0.416 e. The number of benzene rings is 1. The molecule has 0 saturated carbocycles. The van der Waals surface area contributed by atoms with Gasteiger partial charge in [0.25, 0.3) is 5.22 Å². The minimum atomic E-state index is -0.0888. The maximum atomic E-state index is 11.5. The van der Waals surface area contributed by atoms with E-state index in [0.717, 1.165) is 16.9 Å². The number of rotatable bonds is 8. The Kier molecular flexibility index (Phi) is 5.60. The van der Waals surface area contributed by atoms with Gasteiger partial charge in [-0.05, 0) is 12.1 Å². The van der Waals surface area contributed by atoms with Gasteiger partial charge in [0.15, 0.2) is 0 Å². The molecule has 2 aromatic heterocycles. The molecule has 0 radical (unpaired) electrons. The number of para-hydroxylation sites is 1. The second-order valence-corrected chi connectivity index (χ2v) is 6.96. The van der Waals surface area contributed by atoms with Gasteiger partial charge in [-0.25, -0.2) is 4.98 Å². The molecule has 0 aliphatic heterocycles. The third-order valence-corrected chi connectivity index (χ3v) is 5.02. The van der Waals surface area contributed by atoms with Crippen molar-refractivity contribution in [2.45, 2.75) is 18.1 Å². The van der Waals surface area contributed by atoms with Gasteiger partial charge in [0.2, 0.25) is 11.8 Å². The van der Waals surface area contributed by atoms with Gasteiger partial charge in [0.05, 0.1) is 21.0 Å². The van der Waals surface area contributed by atoms with Gasteiger partial charge in [0.1, 0.15) is 0 Å². The zero-order chi connectivity index (χ0) is 16.8. The van der Waals surface area contributed by atoms with Crippen LogP contribution >= 0.6 is 23.1 Å². The van der Waals surface area contributed by atoms with Gasteiger partial charge in [-0.2, -0.15) is 0 Å². The zero-order valence-electron chi connectivity index (χ0n) is 12.9. The van der Waals surface area contributed by atoms with Gasteiger partial charge < -0.3 is 9.73 Å². The highest BCUT2D eigenvalue weighted by Gasteiger charge is 2.11. The van der Waals surface area contributed by atoms with Crippen LogP contribution in [0.3, 0.4) is 0 Å². The Morgan fingerprint density at radius 3 is 3.04 bits per heavy atom. The van der Waals surface area contributed by atoms with Crippen molar-refractivity contribution in [1.82, 2.24) is 20.5 Å². The molecule has 1 aromatic carbocycles. The third kappa shape index (κ3) is 4.42. The molecule has 24 heavy (non-hydrogen) atoms. The van der Waals surface area contributed by atoms with E-state index in [2.05, 4.69) is 33.1 Å². The quantitative estimate of drug-likeness (QED) is 0.491. The summed E-state index contributed by atoms with van der Waals surface area (Å²) in [6.45, 7) is 4.00. The standard InChI is InChI=1S/C16H16N4O2S2/c1-2-9-17-13(21)10-23-16-20-19-14(22-16)7-8-15-18-11-5-3-4-6-12(11)24-15/h2-6H,1,7-10H2,(H,17,21). The smallest absolute Gasteiger partial charge is 0.277 e. The van der Waals surface area contributed by atoms with Crippen molar-refractivity contribution < 1.29 is 9.21 Å². The lowest BCUT2D eigenvalue weighted by molar-refractivity contribution is -0.118. The third-order valence-electron chi connectivity index (χ3n) is 3.11. The Labute approximate surface area is 147 Å². The number of hydrogen-bond donors (Lipinski definition) is 1. The van der Waals surface area contributed by atoms with Crippen LogP contribution < -0.4 is 5.32 Å². The summed E-state index contributed by atoms with van der Waals surface area (Å²) < 4.78 is 6.73. The van der Waals surface area contributed by atoms with Crippen LogP contribution in [0.4, 0.5) is 0 Å². The molecule has 0 bridgehead atoms. The Bertz CT molecular complexity index is 810. The Morgan fingerprint density at radius 1 is 1.33 bits per heavy atom. The lowest BCUT2D eigenvalue weighted by Crippen LogP contribution is -2.24. The predicted molar refractivity (Wildman–Crippen MR) is 95.3 cm³/mol. The number of carbonyl (C=O) groups excluding carboxylic acids is 1. The summed E-state index contributed by atoms with van der Waals surface area (Å²) in [5.41, 5.74) is 1.02. The predicted octanol–water partition coefficient (Wildman–Crippen LogP) is 2.86. The molecule has 3 rings (SSSR count). The highest BCUT2D eigenvalue weighted by Crippen LogP contribution is 2.23. The van der Waals surface area contributed by atoms with E-state index < -0.39 is 0 Å². The molecule has 0 unspecified atom stereocenters. The normalized spacial score (nSPS) is 10.8.